The molecule has 0 bridgehead atoms. The van der Waals surface area contributed by atoms with Crippen LogP contribution in [0.3, 0.4) is 0 Å². The molecule has 7 nitrogen and oxygen atoms in total. The topological polar surface area (TPSA) is 93.6 Å². The number of Topliss-reactive ketones (excluding diaryl/α,β-unsaturated/α-hetero) is 2. The Labute approximate surface area is 228 Å². The first-order valence-electron chi connectivity index (χ1n) is 11.9. The van der Waals surface area contributed by atoms with E-state index in [9.17, 15) is 19.2 Å². The minimum Gasteiger partial charge on any atom is -0.451 e. The summed E-state index contributed by atoms with van der Waals surface area (Å²) in [6.07, 6.45) is 2.46. The standard InChI is InChI=1S/C29H23ClN2O5S/c1-29(25(34)22(33)17-30)24(32-26(35)21(27(32)38-29)16-20-14-8-9-15-31-20)28(36)37-23(18-10-4-2-5-11-18)19-12-6-3-7-13-19/h2-16,23-24,27H,17H2,1H3/b21-16-/t24-,27?,29+/m0/s1. The summed E-state index contributed by atoms with van der Waals surface area (Å²) in [7, 11) is 0. The zero-order valence-corrected chi connectivity index (χ0v) is 21.9. The Hall–Kier alpha value is -3.75. The number of thioether (sulfide) groups is 1. The number of esters is 1. The van der Waals surface area contributed by atoms with Gasteiger partial charge >= 0.3 is 5.97 Å². The number of amides is 1. The highest BCUT2D eigenvalue weighted by molar-refractivity contribution is 8.02. The maximum Gasteiger partial charge on any atom is 0.331 e. The van der Waals surface area contributed by atoms with Crippen LogP contribution in [0.5, 0.6) is 0 Å². The first-order valence-corrected chi connectivity index (χ1v) is 13.3. The molecule has 1 amide bonds. The van der Waals surface area contributed by atoms with E-state index < -0.39 is 51.6 Å². The number of hydrogen-bond donors (Lipinski definition) is 0. The lowest BCUT2D eigenvalue weighted by Gasteiger charge is -2.40. The van der Waals surface area contributed by atoms with Gasteiger partial charge in [0.05, 0.1) is 17.1 Å². The molecule has 2 aromatic carbocycles. The highest BCUT2D eigenvalue weighted by atomic mass is 35.5. The molecule has 0 spiro atoms. The SMILES string of the molecule is C[C@@]1(C(=O)C(=O)CCl)SC2/C(=C\c3ccccn3)C(=O)N2[C@H]1C(=O)OC(c1ccccc1)c1ccccc1. The van der Waals surface area contributed by atoms with Gasteiger partial charge in [-0.3, -0.25) is 19.4 Å². The van der Waals surface area contributed by atoms with Crippen LogP contribution in [0, 0.1) is 0 Å². The number of carbonyl (C=O) groups is 4. The number of halogens is 1. The molecule has 1 aromatic heterocycles. The molecule has 0 saturated carbocycles. The van der Waals surface area contributed by atoms with Crippen molar-refractivity contribution in [2.24, 2.45) is 0 Å². The van der Waals surface area contributed by atoms with Gasteiger partial charge in [0.25, 0.3) is 5.91 Å². The Morgan fingerprint density at radius 3 is 2.18 bits per heavy atom. The summed E-state index contributed by atoms with van der Waals surface area (Å²) in [4.78, 5) is 58.5. The van der Waals surface area contributed by atoms with Gasteiger partial charge in [0.1, 0.15) is 10.1 Å². The van der Waals surface area contributed by atoms with Crippen molar-refractivity contribution < 1.29 is 23.9 Å². The third-order valence-electron chi connectivity index (χ3n) is 6.64. The summed E-state index contributed by atoms with van der Waals surface area (Å²) in [6, 6.07) is 22.4. The van der Waals surface area contributed by atoms with Crippen molar-refractivity contribution >= 4 is 52.9 Å². The molecule has 192 valence electrons. The van der Waals surface area contributed by atoms with Crippen LogP contribution < -0.4 is 0 Å². The van der Waals surface area contributed by atoms with Crippen molar-refractivity contribution in [1.82, 2.24) is 9.88 Å². The highest BCUT2D eigenvalue weighted by Crippen LogP contribution is 2.54. The number of benzene rings is 2. The van der Waals surface area contributed by atoms with Crippen LogP contribution in [-0.4, -0.2) is 55.4 Å². The molecular formula is C29H23ClN2O5S. The number of ketones is 2. The Morgan fingerprint density at radius 2 is 1.63 bits per heavy atom. The smallest absolute Gasteiger partial charge is 0.331 e. The van der Waals surface area contributed by atoms with E-state index in [1.807, 2.05) is 60.7 Å². The summed E-state index contributed by atoms with van der Waals surface area (Å²) in [5.74, 6) is -3.37. The van der Waals surface area contributed by atoms with Crippen LogP contribution in [0.4, 0.5) is 0 Å². The van der Waals surface area contributed by atoms with Crippen LogP contribution in [0.2, 0.25) is 0 Å². The average molecular weight is 547 g/mol. The lowest BCUT2D eigenvalue weighted by atomic mass is 9.89. The van der Waals surface area contributed by atoms with Gasteiger partial charge in [-0.05, 0) is 36.3 Å². The zero-order valence-electron chi connectivity index (χ0n) is 20.3. The first kappa shape index (κ1) is 25.9. The molecule has 2 saturated heterocycles. The Balaban J connectivity index is 1.52. The van der Waals surface area contributed by atoms with Gasteiger partial charge in [-0.2, -0.15) is 0 Å². The van der Waals surface area contributed by atoms with E-state index in [1.165, 1.54) is 11.8 Å². The van der Waals surface area contributed by atoms with Gasteiger partial charge in [0.15, 0.2) is 12.1 Å². The lowest BCUT2D eigenvalue weighted by Crippen LogP contribution is -2.61. The second-order valence-corrected chi connectivity index (χ2v) is 10.9. The number of nitrogens with zero attached hydrogens (tertiary/aromatic N) is 2. The maximum atomic E-state index is 13.9. The molecule has 3 heterocycles. The van der Waals surface area contributed by atoms with E-state index in [0.29, 0.717) is 11.3 Å². The third-order valence-corrected chi connectivity index (χ3v) is 8.48. The molecule has 9 heteroatoms. The number of aromatic nitrogens is 1. The zero-order chi connectivity index (χ0) is 26.9. The van der Waals surface area contributed by atoms with Gasteiger partial charge in [-0.15, -0.1) is 23.4 Å². The van der Waals surface area contributed by atoms with E-state index in [-0.39, 0.29) is 0 Å². The average Bonchev–Trinajstić information content (AvgIpc) is 3.25. The highest BCUT2D eigenvalue weighted by Gasteiger charge is 2.67. The fourth-order valence-corrected chi connectivity index (χ4v) is 6.52. The van der Waals surface area contributed by atoms with Crippen LogP contribution in [0.15, 0.2) is 90.6 Å². The number of pyridine rings is 1. The molecule has 3 atom stereocenters. The number of rotatable bonds is 8. The van der Waals surface area contributed by atoms with Gasteiger partial charge in [-0.25, -0.2) is 4.79 Å². The van der Waals surface area contributed by atoms with Gasteiger partial charge in [-0.1, -0.05) is 66.7 Å². The fourth-order valence-electron chi connectivity index (χ4n) is 4.75. The molecule has 0 aliphatic carbocycles. The number of ether oxygens (including phenoxy) is 1. The molecule has 2 aliphatic heterocycles. The fraction of sp³-hybridized carbons (Fsp3) is 0.207. The number of carbonyl (C=O) groups excluding carboxylic acids is 4. The van der Waals surface area contributed by atoms with E-state index in [1.54, 1.807) is 30.5 Å². The second kappa shape index (κ2) is 10.6. The number of fused-ring (bicyclic) bond motifs is 1. The molecular weight excluding hydrogens is 524 g/mol. The van der Waals surface area contributed by atoms with Crippen molar-refractivity contribution in [1.29, 1.82) is 0 Å². The molecule has 3 aromatic rings. The Kier molecular flexibility index (Phi) is 7.19. The largest absolute Gasteiger partial charge is 0.451 e. The predicted molar refractivity (Wildman–Crippen MR) is 144 cm³/mol. The van der Waals surface area contributed by atoms with Crippen molar-refractivity contribution in [3.63, 3.8) is 0 Å². The van der Waals surface area contributed by atoms with E-state index >= 15 is 0 Å². The van der Waals surface area contributed by atoms with E-state index in [4.69, 9.17) is 16.3 Å². The third kappa shape index (κ3) is 4.54. The van der Waals surface area contributed by atoms with Crippen LogP contribution in [0.25, 0.3) is 6.08 Å². The van der Waals surface area contributed by atoms with Crippen molar-refractivity contribution in [2.45, 2.75) is 29.2 Å². The second-order valence-electron chi connectivity index (χ2n) is 9.07. The molecule has 5 rings (SSSR count). The minimum atomic E-state index is -1.58. The number of alkyl halides is 1. The Morgan fingerprint density at radius 1 is 1.03 bits per heavy atom. The van der Waals surface area contributed by atoms with Crippen LogP contribution in [0.1, 0.15) is 29.8 Å². The van der Waals surface area contributed by atoms with Crippen LogP contribution in [-0.2, 0) is 23.9 Å². The van der Waals surface area contributed by atoms with Gasteiger partial charge in [0, 0.05) is 6.20 Å². The summed E-state index contributed by atoms with van der Waals surface area (Å²) in [5.41, 5.74) is 2.42. The normalized spacial score (nSPS) is 23.2. The monoisotopic (exact) mass is 546 g/mol. The van der Waals surface area contributed by atoms with Crippen LogP contribution >= 0.6 is 23.4 Å². The number of hydrogen-bond acceptors (Lipinski definition) is 7. The molecule has 1 unspecified atom stereocenters. The van der Waals surface area contributed by atoms with Crippen molar-refractivity contribution in [2.75, 3.05) is 5.88 Å². The Bertz CT molecular complexity index is 1380. The lowest BCUT2D eigenvalue weighted by molar-refractivity contribution is -0.162. The minimum absolute atomic E-state index is 0.393. The van der Waals surface area contributed by atoms with Crippen molar-refractivity contribution in [3.8, 4) is 0 Å². The van der Waals surface area contributed by atoms with E-state index in [2.05, 4.69) is 4.98 Å². The predicted octanol–water partition coefficient (Wildman–Crippen LogP) is 4.22. The van der Waals surface area contributed by atoms with E-state index in [0.717, 1.165) is 22.9 Å². The molecule has 2 aliphatic rings. The summed E-state index contributed by atoms with van der Waals surface area (Å²) in [6.45, 7) is 1.50. The van der Waals surface area contributed by atoms with Gasteiger partial charge in [0.2, 0.25) is 11.6 Å². The summed E-state index contributed by atoms with van der Waals surface area (Å²) < 4.78 is 4.46. The first-order chi connectivity index (χ1) is 18.3. The molecule has 0 N–H and O–H groups in total. The van der Waals surface area contributed by atoms with Gasteiger partial charge < -0.3 is 9.64 Å². The quantitative estimate of drug-likeness (QED) is 0.137. The maximum absolute atomic E-state index is 13.9. The summed E-state index contributed by atoms with van der Waals surface area (Å²) in [5, 5.41) is -0.619. The molecule has 38 heavy (non-hydrogen) atoms. The molecule has 0 radical (unpaired) electrons. The molecule has 2 fully saturated rings. The number of β-lactam (4-membered cyclic amide) rings is 1. The van der Waals surface area contributed by atoms with Crippen molar-refractivity contribution in [3.05, 3.63) is 107 Å². The summed E-state index contributed by atoms with van der Waals surface area (Å²) >= 11 is 6.80.